The van der Waals surface area contributed by atoms with Gasteiger partial charge in [0.25, 0.3) is 10.0 Å². The van der Waals surface area contributed by atoms with Crippen LogP contribution in [0, 0.1) is 11.6 Å². The van der Waals surface area contributed by atoms with Crippen molar-refractivity contribution in [3.63, 3.8) is 0 Å². The molecule has 0 spiro atoms. The number of anilines is 3. The van der Waals surface area contributed by atoms with Gasteiger partial charge in [0.1, 0.15) is 11.9 Å². The highest BCUT2D eigenvalue weighted by Gasteiger charge is 2.31. The number of hydrogen-bond donors (Lipinski definition) is 1. The number of amides is 1. The van der Waals surface area contributed by atoms with Gasteiger partial charge >= 0.3 is 0 Å². The first kappa shape index (κ1) is 27.1. The van der Waals surface area contributed by atoms with E-state index in [9.17, 15) is 22.0 Å². The lowest BCUT2D eigenvalue weighted by Gasteiger charge is -2.41. The minimum absolute atomic E-state index is 0.0756. The lowest BCUT2D eigenvalue weighted by Crippen LogP contribution is -2.55. The van der Waals surface area contributed by atoms with E-state index in [1.54, 1.807) is 12.1 Å². The monoisotopic (exact) mass is 575 g/mol. The molecule has 3 aromatic rings. The number of carbonyl (C=O) groups is 1. The lowest BCUT2D eigenvalue weighted by atomic mass is 10.00. The van der Waals surface area contributed by atoms with E-state index in [2.05, 4.69) is 14.8 Å². The quantitative estimate of drug-likeness (QED) is 0.472. The molecule has 0 aliphatic carbocycles. The SMILES string of the molecule is C[C@@H](C(=O)N1CCN(c2ccc(S(=O)(=O)Nc3ncc(F)cc3F)cc2)CC1)N1CCCc2cc(Cl)ccc21. The van der Waals surface area contributed by atoms with Crippen molar-refractivity contribution in [1.82, 2.24) is 9.88 Å². The van der Waals surface area contributed by atoms with Gasteiger partial charge in [0.2, 0.25) is 5.91 Å². The third kappa shape index (κ3) is 5.79. The summed E-state index contributed by atoms with van der Waals surface area (Å²) >= 11 is 6.17. The Kier molecular flexibility index (Phi) is 7.64. The highest BCUT2D eigenvalue weighted by molar-refractivity contribution is 7.92. The van der Waals surface area contributed by atoms with Crippen LogP contribution in [0.1, 0.15) is 18.9 Å². The van der Waals surface area contributed by atoms with E-state index in [0.29, 0.717) is 37.3 Å². The summed E-state index contributed by atoms with van der Waals surface area (Å²) < 4.78 is 54.3. The standard InChI is InChI=1S/C27H28ClF2N5O3S/c1-18(35-10-2-3-19-15-20(28)4-9-25(19)35)27(36)34-13-11-33(12-14-34)22-5-7-23(8-6-22)39(37,38)32-26-24(30)16-21(29)17-31-26/h4-9,15-18H,2-3,10-14H2,1H3,(H,31,32)/t18-/m0/s1. The van der Waals surface area contributed by atoms with E-state index in [4.69, 9.17) is 11.6 Å². The first-order chi connectivity index (χ1) is 18.6. The van der Waals surface area contributed by atoms with Crippen molar-refractivity contribution in [2.75, 3.05) is 47.2 Å². The van der Waals surface area contributed by atoms with E-state index < -0.39 is 27.5 Å². The molecule has 0 saturated carbocycles. The van der Waals surface area contributed by atoms with Crippen LogP contribution < -0.4 is 14.5 Å². The molecule has 0 bridgehead atoms. The number of aryl methyl sites for hydroxylation is 1. The average Bonchev–Trinajstić information content (AvgIpc) is 2.93. The molecule has 1 atom stereocenters. The Bertz CT molecular complexity index is 1480. The fourth-order valence-electron chi connectivity index (χ4n) is 5.09. The normalized spacial score (nSPS) is 16.6. The van der Waals surface area contributed by atoms with Gasteiger partial charge in [-0.1, -0.05) is 11.6 Å². The summed E-state index contributed by atoms with van der Waals surface area (Å²) in [6, 6.07) is 12.2. The molecule has 1 fully saturated rings. The molecule has 1 N–H and O–H groups in total. The third-order valence-electron chi connectivity index (χ3n) is 7.16. The maximum absolute atomic E-state index is 13.9. The molecule has 39 heavy (non-hydrogen) atoms. The van der Waals surface area contributed by atoms with E-state index in [1.165, 1.54) is 12.1 Å². The molecule has 0 unspecified atom stereocenters. The number of halogens is 3. The first-order valence-electron chi connectivity index (χ1n) is 12.6. The number of rotatable bonds is 6. The van der Waals surface area contributed by atoms with Gasteiger partial charge in [0.15, 0.2) is 11.6 Å². The molecule has 8 nitrogen and oxygen atoms in total. The van der Waals surface area contributed by atoms with Crippen molar-refractivity contribution < 1.29 is 22.0 Å². The topological polar surface area (TPSA) is 85.8 Å². The van der Waals surface area contributed by atoms with Crippen molar-refractivity contribution in [2.24, 2.45) is 0 Å². The largest absolute Gasteiger partial charge is 0.368 e. The van der Waals surface area contributed by atoms with Crippen LogP contribution in [-0.4, -0.2) is 63.0 Å². The second-order valence-corrected chi connectivity index (χ2v) is 11.8. The fourth-order valence-corrected chi connectivity index (χ4v) is 6.30. The van der Waals surface area contributed by atoms with Crippen LogP contribution in [-0.2, 0) is 21.2 Å². The van der Waals surface area contributed by atoms with E-state index in [1.807, 2.05) is 34.7 Å². The van der Waals surface area contributed by atoms with Gasteiger partial charge in [-0.05, 0) is 67.8 Å². The Morgan fingerprint density at radius 2 is 1.74 bits per heavy atom. The predicted molar refractivity (Wildman–Crippen MR) is 147 cm³/mol. The summed E-state index contributed by atoms with van der Waals surface area (Å²) in [5.41, 5.74) is 3.03. The third-order valence-corrected chi connectivity index (χ3v) is 8.75. The molecular formula is C27H28ClF2N5O3S. The van der Waals surface area contributed by atoms with Gasteiger partial charge in [-0.25, -0.2) is 22.2 Å². The highest BCUT2D eigenvalue weighted by atomic mass is 35.5. The van der Waals surface area contributed by atoms with Crippen LogP contribution >= 0.6 is 11.6 Å². The van der Waals surface area contributed by atoms with Gasteiger partial charge < -0.3 is 14.7 Å². The van der Waals surface area contributed by atoms with Crippen molar-refractivity contribution in [3.05, 3.63) is 76.9 Å². The maximum Gasteiger partial charge on any atom is 0.263 e. The molecule has 2 aromatic carbocycles. The maximum atomic E-state index is 13.9. The van der Waals surface area contributed by atoms with E-state index >= 15 is 0 Å². The molecule has 12 heteroatoms. The zero-order chi connectivity index (χ0) is 27.7. The summed E-state index contributed by atoms with van der Waals surface area (Å²) in [5, 5.41) is 0.700. The van der Waals surface area contributed by atoms with Crippen LogP contribution in [0.5, 0.6) is 0 Å². The van der Waals surface area contributed by atoms with Gasteiger partial charge in [0, 0.05) is 55.2 Å². The van der Waals surface area contributed by atoms with Crippen molar-refractivity contribution in [1.29, 1.82) is 0 Å². The van der Waals surface area contributed by atoms with E-state index in [0.717, 1.165) is 42.5 Å². The molecule has 3 heterocycles. The number of hydrogen-bond acceptors (Lipinski definition) is 6. The Hall–Kier alpha value is -3.44. The summed E-state index contributed by atoms with van der Waals surface area (Å²) in [5.74, 6) is -2.51. The lowest BCUT2D eigenvalue weighted by molar-refractivity contribution is -0.132. The number of piperazine rings is 1. The number of fused-ring (bicyclic) bond motifs is 1. The predicted octanol–water partition coefficient (Wildman–Crippen LogP) is 4.30. The molecule has 1 amide bonds. The summed E-state index contributed by atoms with van der Waals surface area (Å²) in [6.07, 6.45) is 2.65. The summed E-state index contributed by atoms with van der Waals surface area (Å²) in [4.78, 5) is 22.9. The van der Waals surface area contributed by atoms with Crippen LogP contribution in [0.25, 0.3) is 0 Å². The first-order valence-corrected chi connectivity index (χ1v) is 14.5. The Labute approximate surface area is 231 Å². The molecule has 206 valence electrons. The fraction of sp³-hybridized carbons (Fsp3) is 0.333. The smallest absolute Gasteiger partial charge is 0.263 e. The zero-order valence-electron chi connectivity index (χ0n) is 21.3. The second-order valence-electron chi connectivity index (χ2n) is 9.64. The molecule has 2 aliphatic heterocycles. The summed E-state index contributed by atoms with van der Waals surface area (Å²) in [7, 11) is -4.12. The van der Waals surface area contributed by atoms with E-state index in [-0.39, 0.29) is 16.8 Å². The number of aromatic nitrogens is 1. The molecule has 1 aromatic heterocycles. The Morgan fingerprint density at radius 1 is 1.03 bits per heavy atom. The second kappa shape index (κ2) is 11.0. The summed E-state index contributed by atoms with van der Waals surface area (Å²) in [6.45, 7) is 5.04. The average molecular weight is 576 g/mol. The number of benzene rings is 2. The molecular weight excluding hydrogens is 548 g/mol. The van der Waals surface area contributed by atoms with Crippen molar-refractivity contribution in [3.8, 4) is 0 Å². The molecule has 2 aliphatic rings. The van der Waals surface area contributed by atoms with Crippen molar-refractivity contribution >= 4 is 44.7 Å². The van der Waals surface area contributed by atoms with Crippen LogP contribution in [0.4, 0.5) is 26.0 Å². The van der Waals surface area contributed by atoms with Crippen LogP contribution in [0.15, 0.2) is 59.6 Å². The molecule has 5 rings (SSSR count). The highest BCUT2D eigenvalue weighted by Crippen LogP contribution is 2.31. The molecule has 1 saturated heterocycles. The van der Waals surface area contributed by atoms with Gasteiger partial charge in [-0.2, -0.15) is 0 Å². The zero-order valence-corrected chi connectivity index (χ0v) is 22.9. The van der Waals surface area contributed by atoms with Gasteiger partial charge in [0.05, 0.1) is 11.1 Å². The minimum atomic E-state index is -4.12. The number of pyridine rings is 1. The Morgan fingerprint density at radius 3 is 2.44 bits per heavy atom. The van der Waals surface area contributed by atoms with Crippen LogP contribution in [0.2, 0.25) is 5.02 Å². The Balaban J connectivity index is 1.20. The van der Waals surface area contributed by atoms with Gasteiger partial charge in [-0.15, -0.1) is 0 Å². The van der Waals surface area contributed by atoms with Crippen LogP contribution in [0.3, 0.4) is 0 Å². The van der Waals surface area contributed by atoms with Crippen molar-refractivity contribution in [2.45, 2.75) is 30.7 Å². The number of carbonyl (C=O) groups excluding carboxylic acids is 1. The number of sulfonamides is 1. The number of nitrogens with one attached hydrogen (secondary N) is 1. The van der Waals surface area contributed by atoms with Gasteiger partial charge in [-0.3, -0.25) is 9.52 Å². The molecule has 0 radical (unpaired) electrons. The number of nitrogens with zero attached hydrogens (tertiary/aromatic N) is 4. The minimum Gasteiger partial charge on any atom is -0.368 e.